The van der Waals surface area contributed by atoms with Crippen LogP contribution in [0.3, 0.4) is 0 Å². The van der Waals surface area contributed by atoms with Gasteiger partial charge in [-0.05, 0) is 18.2 Å². The molecule has 0 radical (unpaired) electrons. The number of oxazole rings is 1. The van der Waals surface area contributed by atoms with Gasteiger partial charge >= 0.3 is 5.63 Å². The van der Waals surface area contributed by atoms with Gasteiger partial charge in [0.1, 0.15) is 28.2 Å². The van der Waals surface area contributed by atoms with Crippen LogP contribution >= 0.6 is 0 Å². The molecule has 5 nitrogen and oxygen atoms in total. The summed E-state index contributed by atoms with van der Waals surface area (Å²) in [5.74, 6) is -0.138. The fourth-order valence-corrected chi connectivity index (χ4v) is 2.46. The molecule has 0 unspecified atom stereocenters. The predicted molar refractivity (Wildman–Crippen MR) is 82.0 cm³/mol. The van der Waals surface area contributed by atoms with Gasteiger partial charge in [0.15, 0.2) is 5.58 Å². The molecule has 0 bridgehead atoms. The molecule has 0 aliphatic heterocycles. The maximum atomic E-state index is 13.5. The van der Waals surface area contributed by atoms with Crippen molar-refractivity contribution in [2.24, 2.45) is 0 Å². The fourth-order valence-electron chi connectivity index (χ4n) is 2.46. The number of fused-ring (bicyclic) bond motifs is 2. The number of benzene rings is 2. The zero-order chi connectivity index (χ0) is 16.0. The maximum absolute atomic E-state index is 13.5. The first kappa shape index (κ1) is 13.5. The van der Waals surface area contributed by atoms with E-state index in [0.717, 1.165) is 6.07 Å². The van der Waals surface area contributed by atoms with E-state index in [4.69, 9.17) is 13.6 Å². The molecule has 0 N–H and O–H groups in total. The van der Waals surface area contributed by atoms with Gasteiger partial charge in [0, 0.05) is 12.1 Å². The zero-order valence-corrected chi connectivity index (χ0v) is 12.0. The average molecular weight is 311 g/mol. The van der Waals surface area contributed by atoms with Crippen molar-refractivity contribution in [2.45, 2.75) is 0 Å². The molecule has 0 atom stereocenters. The quantitative estimate of drug-likeness (QED) is 0.527. The molecular weight excluding hydrogens is 301 g/mol. The van der Waals surface area contributed by atoms with E-state index >= 15 is 0 Å². The molecule has 6 heteroatoms. The summed E-state index contributed by atoms with van der Waals surface area (Å²) < 4.78 is 29.4. The largest absolute Gasteiger partial charge is 0.496 e. The average Bonchev–Trinajstić information content (AvgIpc) is 2.97. The lowest BCUT2D eigenvalue weighted by Gasteiger charge is -2.05. The molecular formula is C17H10FNO4. The second kappa shape index (κ2) is 4.95. The summed E-state index contributed by atoms with van der Waals surface area (Å²) in [5, 5.41) is 0.464. The molecule has 114 valence electrons. The van der Waals surface area contributed by atoms with E-state index in [1.807, 2.05) is 12.1 Å². The fraction of sp³-hybridized carbons (Fsp3) is 0.0588. The summed E-state index contributed by atoms with van der Waals surface area (Å²) in [6, 6.07) is 11.1. The lowest BCUT2D eigenvalue weighted by Crippen LogP contribution is -2.03. The number of para-hydroxylation sites is 2. The highest BCUT2D eigenvalue weighted by Crippen LogP contribution is 2.30. The third-order valence-electron chi connectivity index (χ3n) is 3.52. The Morgan fingerprint density at radius 2 is 1.91 bits per heavy atom. The molecule has 0 spiro atoms. The summed E-state index contributed by atoms with van der Waals surface area (Å²) in [5.41, 5.74) is 0.795. The van der Waals surface area contributed by atoms with E-state index in [9.17, 15) is 9.18 Å². The van der Waals surface area contributed by atoms with E-state index in [1.54, 1.807) is 12.1 Å². The highest BCUT2D eigenvalue weighted by molar-refractivity contribution is 5.87. The lowest BCUT2D eigenvalue weighted by atomic mass is 10.1. The van der Waals surface area contributed by atoms with Gasteiger partial charge in [-0.2, -0.15) is 0 Å². The highest BCUT2D eigenvalue weighted by atomic mass is 19.1. The Labute approximate surface area is 128 Å². The van der Waals surface area contributed by atoms with Crippen LogP contribution in [0.1, 0.15) is 0 Å². The van der Waals surface area contributed by atoms with E-state index in [-0.39, 0.29) is 22.8 Å². The minimum absolute atomic E-state index is 0.103. The van der Waals surface area contributed by atoms with Crippen LogP contribution in [-0.4, -0.2) is 12.1 Å². The number of hydrogen-bond acceptors (Lipinski definition) is 5. The van der Waals surface area contributed by atoms with Gasteiger partial charge in [-0.15, -0.1) is 0 Å². The minimum Gasteiger partial charge on any atom is -0.496 e. The van der Waals surface area contributed by atoms with Crippen molar-refractivity contribution in [3.05, 3.63) is 58.7 Å². The SMILES string of the molecule is COc1cc(F)cc2oc(=O)c(-c3nc4ccccc4o3)cc12. The van der Waals surface area contributed by atoms with Crippen molar-refractivity contribution in [3.8, 4) is 17.2 Å². The summed E-state index contributed by atoms with van der Waals surface area (Å²) in [6.07, 6.45) is 0. The number of hydrogen-bond donors (Lipinski definition) is 0. The number of rotatable bonds is 2. The van der Waals surface area contributed by atoms with Crippen molar-refractivity contribution in [1.82, 2.24) is 4.98 Å². The first-order valence-electron chi connectivity index (χ1n) is 6.83. The van der Waals surface area contributed by atoms with Crippen LogP contribution in [0.2, 0.25) is 0 Å². The Balaban J connectivity index is 2.01. The molecule has 4 aromatic rings. The summed E-state index contributed by atoms with van der Waals surface area (Å²) in [7, 11) is 1.42. The Kier molecular flexibility index (Phi) is 2.90. The second-order valence-electron chi connectivity index (χ2n) is 4.95. The van der Waals surface area contributed by atoms with E-state index in [1.165, 1.54) is 19.2 Å². The van der Waals surface area contributed by atoms with Gasteiger partial charge in [-0.1, -0.05) is 12.1 Å². The number of halogens is 1. The molecule has 4 rings (SSSR count). The summed E-state index contributed by atoms with van der Waals surface area (Å²) in [4.78, 5) is 16.5. The Bertz CT molecular complexity index is 1060. The second-order valence-corrected chi connectivity index (χ2v) is 4.95. The third kappa shape index (κ3) is 2.15. The smallest absolute Gasteiger partial charge is 0.349 e. The first-order chi connectivity index (χ1) is 11.2. The zero-order valence-electron chi connectivity index (χ0n) is 12.0. The molecule has 23 heavy (non-hydrogen) atoms. The van der Waals surface area contributed by atoms with E-state index in [0.29, 0.717) is 16.5 Å². The third-order valence-corrected chi connectivity index (χ3v) is 3.52. The van der Waals surface area contributed by atoms with Crippen LogP contribution in [0.25, 0.3) is 33.5 Å². The van der Waals surface area contributed by atoms with Crippen LogP contribution < -0.4 is 10.4 Å². The highest BCUT2D eigenvalue weighted by Gasteiger charge is 2.17. The molecule has 2 heterocycles. The molecule has 0 aliphatic rings. The van der Waals surface area contributed by atoms with Crippen LogP contribution in [0, 0.1) is 5.82 Å². The monoisotopic (exact) mass is 311 g/mol. The standard InChI is InChI=1S/C17H10FNO4/c1-21-14-6-9(18)7-15-10(14)8-11(17(20)23-15)16-19-12-4-2-3-5-13(12)22-16/h2-8H,1H3. The summed E-state index contributed by atoms with van der Waals surface area (Å²) >= 11 is 0. The number of nitrogens with zero attached hydrogens (tertiary/aromatic N) is 1. The van der Waals surface area contributed by atoms with Gasteiger partial charge in [0.2, 0.25) is 5.89 Å². The van der Waals surface area contributed by atoms with Crippen LogP contribution in [0.15, 0.2) is 56.1 Å². The molecule has 0 fully saturated rings. The molecule has 2 aromatic heterocycles. The van der Waals surface area contributed by atoms with Crippen molar-refractivity contribution < 1.29 is 18.0 Å². The predicted octanol–water partition coefficient (Wildman–Crippen LogP) is 3.75. The molecule has 2 aromatic carbocycles. The van der Waals surface area contributed by atoms with Crippen LogP contribution in [-0.2, 0) is 0 Å². The molecule has 0 saturated carbocycles. The van der Waals surface area contributed by atoms with Crippen molar-refractivity contribution in [1.29, 1.82) is 0 Å². The number of methoxy groups -OCH3 is 1. The van der Waals surface area contributed by atoms with Gasteiger partial charge in [0.05, 0.1) is 12.5 Å². The minimum atomic E-state index is -0.656. The van der Waals surface area contributed by atoms with Gasteiger partial charge < -0.3 is 13.6 Å². The molecule has 0 amide bonds. The van der Waals surface area contributed by atoms with Crippen molar-refractivity contribution in [2.75, 3.05) is 7.11 Å². The van der Waals surface area contributed by atoms with E-state index in [2.05, 4.69) is 4.98 Å². The number of ether oxygens (including phenoxy) is 1. The van der Waals surface area contributed by atoms with Crippen LogP contribution in [0.4, 0.5) is 4.39 Å². The number of aromatic nitrogens is 1. The summed E-state index contributed by atoms with van der Waals surface area (Å²) in [6.45, 7) is 0. The molecule has 0 saturated heterocycles. The topological polar surface area (TPSA) is 65.5 Å². The maximum Gasteiger partial charge on any atom is 0.349 e. The van der Waals surface area contributed by atoms with Gasteiger partial charge in [0.25, 0.3) is 0 Å². The molecule has 0 aliphatic carbocycles. The lowest BCUT2D eigenvalue weighted by molar-refractivity contribution is 0.415. The normalized spacial score (nSPS) is 11.2. The first-order valence-corrected chi connectivity index (χ1v) is 6.83. The van der Waals surface area contributed by atoms with Crippen molar-refractivity contribution in [3.63, 3.8) is 0 Å². The Morgan fingerprint density at radius 3 is 2.70 bits per heavy atom. The van der Waals surface area contributed by atoms with E-state index < -0.39 is 11.4 Å². The Hall–Kier alpha value is -3.15. The Morgan fingerprint density at radius 1 is 1.09 bits per heavy atom. The van der Waals surface area contributed by atoms with Gasteiger partial charge in [-0.3, -0.25) is 0 Å². The van der Waals surface area contributed by atoms with Gasteiger partial charge in [-0.25, -0.2) is 14.2 Å². The van der Waals surface area contributed by atoms with Crippen LogP contribution in [0.5, 0.6) is 5.75 Å². The van der Waals surface area contributed by atoms with Crippen molar-refractivity contribution >= 4 is 22.1 Å².